The van der Waals surface area contributed by atoms with E-state index in [0.717, 1.165) is 25.8 Å². The highest BCUT2D eigenvalue weighted by molar-refractivity contribution is 7.13. The number of nitrogens with two attached hydrogens (primary N) is 1. The van der Waals surface area contributed by atoms with E-state index in [2.05, 4.69) is 59.8 Å². The molecule has 0 unspecified atom stereocenters. The van der Waals surface area contributed by atoms with Crippen molar-refractivity contribution in [3.8, 4) is 10.6 Å². The summed E-state index contributed by atoms with van der Waals surface area (Å²) in [6.07, 6.45) is 3.28. The van der Waals surface area contributed by atoms with Gasteiger partial charge < -0.3 is 10.7 Å². The molecule has 0 atom stereocenters. The lowest BCUT2D eigenvalue weighted by Gasteiger charge is -2.04. The molecule has 0 bridgehead atoms. The largest absolute Gasteiger partial charge is 0.353 e. The standard InChI is InChI=1S/C21H22N2S/c1-14-11-13-24-21(14)20-17(8-4-5-12-22)18-10-9-15-6-2-3-7-16(15)19(18)23-20/h2-3,6-7,9-11,13,23H,4-5,8,12,22H2,1H3. The number of aryl methyl sites for hydroxylation is 2. The minimum absolute atomic E-state index is 0.763. The molecule has 0 fully saturated rings. The van der Waals surface area contributed by atoms with Crippen LogP contribution in [0.25, 0.3) is 32.2 Å². The third-order valence-electron chi connectivity index (χ3n) is 4.78. The van der Waals surface area contributed by atoms with Gasteiger partial charge in [0.25, 0.3) is 0 Å². The third-order valence-corrected chi connectivity index (χ3v) is 5.81. The van der Waals surface area contributed by atoms with E-state index in [1.807, 2.05) is 11.3 Å². The second-order valence-electron chi connectivity index (χ2n) is 6.37. The number of fused-ring (bicyclic) bond motifs is 3. The fraction of sp³-hybridized carbons (Fsp3) is 0.238. The number of benzene rings is 2. The molecule has 3 N–H and O–H groups in total. The van der Waals surface area contributed by atoms with Crippen LogP contribution >= 0.6 is 11.3 Å². The first-order valence-corrected chi connectivity index (χ1v) is 9.44. The van der Waals surface area contributed by atoms with Crippen molar-refractivity contribution < 1.29 is 0 Å². The van der Waals surface area contributed by atoms with Crippen molar-refractivity contribution in [1.82, 2.24) is 4.98 Å². The van der Waals surface area contributed by atoms with Crippen molar-refractivity contribution in [2.75, 3.05) is 6.54 Å². The minimum atomic E-state index is 0.763. The maximum atomic E-state index is 5.71. The van der Waals surface area contributed by atoms with Crippen LogP contribution in [0.3, 0.4) is 0 Å². The summed E-state index contributed by atoms with van der Waals surface area (Å²) in [6, 6.07) is 15.3. The second kappa shape index (κ2) is 6.42. The van der Waals surface area contributed by atoms with Crippen molar-refractivity contribution in [2.45, 2.75) is 26.2 Å². The molecule has 0 saturated heterocycles. The Kier molecular flexibility index (Phi) is 4.13. The van der Waals surface area contributed by atoms with Crippen molar-refractivity contribution >= 4 is 33.0 Å². The Morgan fingerprint density at radius 3 is 2.67 bits per heavy atom. The van der Waals surface area contributed by atoms with Gasteiger partial charge in [0.2, 0.25) is 0 Å². The number of aromatic amines is 1. The number of thiophene rings is 1. The quantitative estimate of drug-likeness (QED) is 0.456. The molecular weight excluding hydrogens is 312 g/mol. The molecule has 2 aromatic heterocycles. The molecule has 4 aromatic rings. The highest BCUT2D eigenvalue weighted by Crippen LogP contribution is 2.38. The maximum absolute atomic E-state index is 5.71. The van der Waals surface area contributed by atoms with E-state index in [1.54, 1.807) is 0 Å². The molecule has 0 spiro atoms. The summed E-state index contributed by atoms with van der Waals surface area (Å²) < 4.78 is 0. The Balaban J connectivity index is 1.97. The summed E-state index contributed by atoms with van der Waals surface area (Å²) in [5, 5.41) is 6.12. The summed E-state index contributed by atoms with van der Waals surface area (Å²) in [6.45, 7) is 2.96. The molecule has 0 saturated carbocycles. The Bertz CT molecular complexity index is 994. The molecule has 0 amide bonds. The minimum Gasteiger partial charge on any atom is -0.353 e. The molecule has 0 aliphatic rings. The SMILES string of the molecule is Cc1ccsc1-c1[nH]c2c(ccc3ccccc32)c1CCCCN. The van der Waals surface area contributed by atoms with Gasteiger partial charge in [0.15, 0.2) is 0 Å². The van der Waals surface area contributed by atoms with E-state index >= 15 is 0 Å². The van der Waals surface area contributed by atoms with Crippen molar-refractivity contribution in [2.24, 2.45) is 5.73 Å². The van der Waals surface area contributed by atoms with Crippen LogP contribution in [-0.4, -0.2) is 11.5 Å². The van der Waals surface area contributed by atoms with Gasteiger partial charge in [0.1, 0.15) is 0 Å². The zero-order valence-electron chi connectivity index (χ0n) is 13.9. The molecule has 2 nitrogen and oxygen atoms in total. The Morgan fingerprint density at radius 1 is 1.00 bits per heavy atom. The molecule has 4 rings (SSSR count). The average Bonchev–Trinajstić information content (AvgIpc) is 3.18. The molecule has 3 heteroatoms. The fourth-order valence-electron chi connectivity index (χ4n) is 3.52. The predicted molar refractivity (Wildman–Crippen MR) is 106 cm³/mol. The van der Waals surface area contributed by atoms with Gasteiger partial charge in [0.05, 0.1) is 16.1 Å². The van der Waals surface area contributed by atoms with Crippen molar-refractivity contribution in [3.05, 3.63) is 59.0 Å². The third kappa shape index (κ3) is 2.54. The molecule has 24 heavy (non-hydrogen) atoms. The van der Waals surface area contributed by atoms with Gasteiger partial charge >= 0.3 is 0 Å². The van der Waals surface area contributed by atoms with Gasteiger partial charge in [-0.1, -0.05) is 36.4 Å². The lowest BCUT2D eigenvalue weighted by Crippen LogP contribution is -1.99. The van der Waals surface area contributed by atoms with E-state index in [9.17, 15) is 0 Å². The lowest BCUT2D eigenvalue weighted by molar-refractivity contribution is 0.748. The highest BCUT2D eigenvalue weighted by Gasteiger charge is 2.16. The number of hydrogen-bond donors (Lipinski definition) is 2. The summed E-state index contributed by atoms with van der Waals surface area (Å²) in [7, 11) is 0. The molecule has 122 valence electrons. The van der Waals surface area contributed by atoms with E-state index in [4.69, 9.17) is 5.73 Å². The second-order valence-corrected chi connectivity index (χ2v) is 7.28. The summed E-state index contributed by atoms with van der Waals surface area (Å²) in [5.74, 6) is 0. The monoisotopic (exact) mass is 334 g/mol. The van der Waals surface area contributed by atoms with Gasteiger partial charge in [-0.25, -0.2) is 0 Å². The summed E-state index contributed by atoms with van der Waals surface area (Å²) in [5.41, 5.74) is 11.0. The molecule has 0 radical (unpaired) electrons. The fourth-order valence-corrected chi connectivity index (χ4v) is 4.48. The molecule has 2 heterocycles. The van der Waals surface area contributed by atoms with Gasteiger partial charge in [-0.2, -0.15) is 0 Å². The predicted octanol–water partition coefficient (Wildman–Crippen LogP) is 5.64. The summed E-state index contributed by atoms with van der Waals surface area (Å²) in [4.78, 5) is 5.12. The molecule has 0 aliphatic carbocycles. The average molecular weight is 334 g/mol. The van der Waals surface area contributed by atoms with E-state index in [0.29, 0.717) is 0 Å². The number of hydrogen-bond acceptors (Lipinski definition) is 2. The van der Waals surface area contributed by atoms with E-state index in [-0.39, 0.29) is 0 Å². The number of aromatic nitrogens is 1. The van der Waals surface area contributed by atoms with Crippen LogP contribution < -0.4 is 5.73 Å². The first-order valence-electron chi connectivity index (χ1n) is 8.56. The Labute approximate surface area is 146 Å². The topological polar surface area (TPSA) is 41.8 Å². The smallest absolute Gasteiger partial charge is 0.0601 e. The molecule has 2 aromatic carbocycles. The summed E-state index contributed by atoms with van der Waals surface area (Å²) >= 11 is 1.82. The van der Waals surface area contributed by atoms with Gasteiger partial charge in [-0.05, 0) is 60.7 Å². The lowest BCUT2D eigenvalue weighted by atomic mass is 10.0. The molecule has 0 aliphatic heterocycles. The zero-order chi connectivity index (χ0) is 16.5. The van der Waals surface area contributed by atoms with E-state index in [1.165, 1.54) is 43.4 Å². The number of rotatable bonds is 5. The Hall–Kier alpha value is -2.10. The highest BCUT2D eigenvalue weighted by atomic mass is 32.1. The van der Waals surface area contributed by atoms with Crippen LogP contribution in [0.2, 0.25) is 0 Å². The number of H-pyrrole nitrogens is 1. The molecular formula is C21H22N2S. The van der Waals surface area contributed by atoms with Crippen LogP contribution in [0.1, 0.15) is 24.0 Å². The van der Waals surface area contributed by atoms with Crippen LogP contribution in [0, 0.1) is 6.92 Å². The van der Waals surface area contributed by atoms with Gasteiger partial charge in [-0.3, -0.25) is 0 Å². The van der Waals surface area contributed by atoms with Crippen LogP contribution in [-0.2, 0) is 6.42 Å². The Morgan fingerprint density at radius 2 is 1.88 bits per heavy atom. The maximum Gasteiger partial charge on any atom is 0.0601 e. The number of unbranched alkanes of at least 4 members (excludes halogenated alkanes) is 1. The van der Waals surface area contributed by atoms with E-state index < -0.39 is 0 Å². The number of nitrogens with one attached hydrogen (secondary N) is 1. The first-order chi connectivity index (χ1) is 11.8. The van der Waals surface area contributed by atoms with Gasteiger partial charge in [-0.15, -0.1) is 11.3 Å². The first kappa shape index (κ1) is 15.4. The van der Waals surface area contributed by atoms with Crippen molar-refractivity contribution in [1.29, 1.82) is 0 Å². The van der Waals surface area contributed by atoms with Gasteiger partial charge in [0, 0.05) is 10.8 Å². The van der Waals surface area contributed by atoms with Crippen LogP contribution in [0.4, 0.5) is 0 Å². The van der Waals surface area contributed by atoms with Crippen molar-refractivity contribution in [3.63, 3.8) is 0 Å². The van der Waals surface area contributed by atoms with Crippen LogP contribution in [0.15, 0.2) is 47.8 Å². The zero-order valence-corrected chi connectivity index (χ0v) is 14.7. The van der Waals surface area contributed by atoms with Crippen LogP contribution in [0.5, 0.6) is 0 Å². The normalized spacial score (nSPS) is 11.6.